The predicted molar refractivity (Wildman–Crippen MR) is 123 cm³/mol. The lowest BCUT2D eigenvalue weighted by Crippen LogP contribution is -2.50. The molecule has 0 saturated carbocycles. The number of carbonyl (C=O) groups excluding carboxylic acids is 2. The van der Waals surface area contributed by atoms with Crippen LogP contribution in [0.15, 0.2) is 36.4 Å². The standard InChI is InChI=1S/C24H29ClN2O5/c1-4-30-20-15-18(16-21(31-5-2)22(20)32-6-3)24(29)27-13-11-26(12-14-27)23(28)17-7-9-19(25)10-8-17/h7-10,15-16H,4-6,11-14H2,1-3H3. The van der Waals surface area contributed by atoms with Gasteiger partial charge < -0.3 is 24.0 Å². The van der Waals surface area contributed by atoms with Crippen molar-refractivity contribution < 1.29 is 23.8 Å². The molecule has 1 fully saturated rings. The average molecular weight is 461 g/mol. The number of rotatable bonds is 8. The Balaban J connectivity index is 1.73. The third-order valence-electron chi connectivity index (χ3n) is 5.10. The molecule has 2 amide bonds. The van der Waals surface area contributed by atoms with Crippen molar-refractivity contribution >= 4 is 23.4 Å². The molecule has 172 valence electrons. The van der Waals surface area contributed by atoms with Crippen molar-refractivity contribution in [3.63, 3.8) is 0 Å². The highest BCUT2D eigenvalue weighted by Crippen LogP contribution is 2.39. The van der Waals surface area contributed by atoms with Gasteiger partial charge >= 0.3 is 0 Å². The van der Waals surface area contributed by atoms with Gasteiger partial charge in [-0.2, -0.15) is 0 Å². The molecule has 0 N–H and O–H groups in total. The van der Waals surface area contributed by atoms with Crippen molar-refractivity contribution in [1.82, 2.24) is 9.80 Å². The lowest BCUT2D eigenvalue weighted by molar-refractivity contribution is 0.0535. The number of amides is 2. The van der Waals surface area contributed by atoms with Gasteiger partial charge in [0.05, 0.1) is 19.8 Å². The van der Waals surface area contributed by atoms with Crippen LogP contribution in [0.3, 0.4) is 0 Å². The van der Waals surface area contributed by atoms with E-state index in [0.29, 0.717) is 79.4 Å². The van der Waals surface area contributed by atoms with Crippen molar-refractivity contribution in [2.75, 3.05) is 46.0 Å². The molecule has 2 aromatic rings. The number of carbonyl (C=O) groups is 2. The minimum Gasteiger partial charge on any atom is -0.490 e. The Hall–Kier alpha value is -2.93. The van der Waals surface area contributed by atoms with E-state index >= 15 is 0 Å². The molecule has 3 rings (SSSR count). The summed E-state index contributed by atoms with van der Waals surface area (Å²) in [4.78, 5) is 29.4. The molecule has 1 heterocycles. The summed E-state index contributed by atoms with van der Waals surface area (Å²) in [5, 5.41) is 0.588. The zero-order chi connectivity index (χ0) is 23.1. The van der Waals surface area contributed by atoms with E-state index in [2.05, 4.69) is 0 Å². The van der Waals surface area contributed by atoms with Crippen LogP contribution in [0.4, 0.5) is 0 Å². The third-order valence-corrected chi connectivity index (χ3v) is 5.35. The minimum atomic E-state index is -0.131. The van der Waals surface area contributed by atoms with Gasteiger partial charge in [-0.1, -0.05) is 11.6 Å². The lowest BCUT2D eigenvalue weighted by atomic mass is 10.1. The Bertz CT molecular complexity index is 913. The Kier molecular flexibility index (Phi) is 8.22. The van der Waals surface area contributed by atoms with Gasteiger partial charge in [-0.05, 0) is 57.2 Å². The lowest BCUT2D eigenvalue weighted by Gasteiger charge is -2.35. The van der Waals surface area contributed by atoms with Gasteiger partial charge in [0.15, 0.2) is 11.5 Å². The molecule has 0 aromatic heterocycles. The van der Waals surface area contributed by atoms with Crippen LogP contribution in [-0.2, 0) is 0 Å². The van der Waals surface area contributed by atoms with Crippen LogP contribution >= 0.6 is 11.6 Å². The summed E-state index contributed by atoms with van der Waals surface area (Å²) in [6.07, 6.45) is 0. The number of halogens is 1. The second kappa shape index (κ2) is 11.1. The summed E-state index contributed by atoms with van der Waals surface area (Å²) in [5.74, 6) is 1.28. The molecule has 32 heavy (non-hydrogen) atoms. The van der Waals surface area contributed by atoms with Gasteiger partial charge in [-0.25, -0.2) is 0 Å². The first-order valence-electron chi connectivity index (χ1n) is 10.9. The van der Waals surface area contributed by atoms with E-state index in [0.717, 1.165) is 0 Å². The van der Waals surface area contributed by atoms with E-state index in [1.165, 1.54) is 0 Å². The van der Waals surface area contributed by atoms with Crippen LogP contribution in [0.5, 0.6) is 17.2 Å². The van der Waals surface area contributed by atoms with E-state index in [1.807, 2.05) is 20.8 Å². The summed E-state index contributed by atoms with van der Waals surface area (Å²) in [6.45, 7) is 8.78. The Morgan fingerprint density at radius 2 is 1.19 bits per heavy atom. The minimum absolute atomic E-state index is 0.0629. The van der Waals surface area contributed by atoms with Crippen molar-refractivity contribution in [2.24, 2.45) is 0 Å². The predicted octanol–water partition coefficient (Wildman–Crippen LogP) is 4.13. The number of nitrogens with zero attached hydrogens (tertiary/aromatic N) is 2. The maximum atomic E-state index is 13.2. The van der Waals surface area contributed by atoms with Crippen LogP contribution in [-0.4, -0.2) is 67.6 Å². The van der Waals surface area contributed by atoms with Crippen LogP contribution < -0.4 is 14.2 Å². The smallest absolute Gasteiger partial charge is 0.254 e. The van der Waals surface area contributed by atoms with Crippen LogP contribution in [0, 0.1) is 0 Å². The monoisotopic (exact) mass is 460 g/mol. The maximum absolute atomic E-state index is 13.2. The summed E-state index contributed by atoms with van der Waals surface area (Å²) in [6, 6.07) is 10.2. The van der Waals surface area contributed by atoms with Crippen LogP contribution in [0.25, 0.3) is 0 Å². The number of ether oxygens (including phenoxy) is 3. The van der Waals surface area contributed by atoms with Crippen LogP contribution in [0.1, 0.15) is 41.5 Å². The first kappa shape index (κ1) is 23.7. The fraction of sp³-hybridized carbons (Fsp3) is 0.417. The van der Waals surface area contributed by atoms with Crippen molar-refractivity contribution in [3.8, 4) is 17.2 Å². The van der Waals surface area contributed by atoms with Gasteiger partial charge in [0, 0.05) is 42.3 Å². The second-order valence-electron chi connectivity index (χ2n) is 7.19. The molecule has 8 heteroatoms. The fourth-order valence-electron chi connectivity index (χ4n) is 3.58. The molecule has 1 saturated heterocycles. The second-order valence-corrected chi connectivity index (χ2v) is 7.63. The summed E-state index contributed by atoms with van der Waals surface area (Å²) in [7, 11) is 0. The highest BCUT2D eigenvalue weighted by atomic mass is 35.5. The third kappa shape index (κ3) is 5.46. The SMILES string of the molecule is CCOc1cc(C(=O)N2CCN(C(=O)c3ccc(Cl)cc3)CC2)cc(OCC)c1OCC. The number of hydrogen-bond acceptors (Lipinski definition) is 5. The number of piperazine rings is 1. The first-order chi connectivity index (χ1) is 15.5. The Morgan fingerprint density at radius 1 is 0.750 bits per heavy atom. The molecule has 0 unspecified atom stereocenters. The molecular weight excluding hydrogens is 432 g/mol. The van der Waals surface area contributed by atoms with E-state index < -0.39 is 0 Å². The normalized spacial score (nSPS) is 13.6. The average Bonchev–Trinajstić information content (AvgIpc) is 2.81. The first-order valence-corrected chi connectivity index (χ1v) is 11.3. The zero-order valence-corrected chi connectivity index (χ0v) is 19.5. The Labute approximate surface area is 193 Å². The maximum Gasteiger partial charge on any atom is 0.254 e. The van der Waals surface area contributed by atoms with E-state index in [-0.39, 0.29) is 11.8 Å². The molecule has 0 aliphatic carbocycles. The molecule has 0 atom stereocenters. The van der Waals surface area contributed by atoms with E-state index in [9.17, 15) is 9.59 Å². The van der Waals surface area contributed by atoms with E-state index in [1.54, 1.807) is 46.2 Å². The van der Waals surface area contributed by atoms with Crippen molar-refractivity contribution in [3.05, 3.63) is 52.5 Å². The quantitative estimate of drug-likeness (QED) is 0.592. The topological polar surface area (TPSA) is 68.3 Å². The summed E-state index contributed by atoms with van der Waals surface area (Å²) >= 11 is 5.91. The van der Waals surface area contributed by atoms with Gasteiger partial charge in [-0.3, -0.25) is 9.59 Å². The number of benzene rings is 2. The van der Waals surface area contributed by atoms with Gasteiger partial charge in [0.25, 0.3) is 11.8 Å². The largest absolute Gasteiger partial charge is 0.490 e. The summed E-state index contributed by atoms with van der Waals surface area (Å²) < 4.78 is 17.2. The molecule has 1 aliphatic heterocycles. The number of hydrogen-bond donors (Lipinski definition) is 0. The highest BCUT2D eigenvalue weighted by Gasteiger charge is 2.27. The molecule has 7 nitrogen and oxygen atoms in total. The molecule has 0 bridgehead atoms. The highest BCUT2D eigenvalue weighted by molar-refractivity contribution is 6.30. The molecule has 0 spiro atoms. The van der Waals surface area contributed by atoms with Gasteiger partial charge in [0.1, 0.15) is 0 Å². The molecule has 2 aromatic carbocycles. The van der Waals surface area contributed by atoms with Crippen molar-refractivity contribution in [1.29, 1.82) is 0 Å². The van der Waals surface area contributed by atoms with Gasteiger partial charge in [0.2, 0.25) is 5.75 Å². The summed E-state index contributed by atoms with van der Waals surface area (Å²) in [5.41, 5.74) is 1.06. The van der Waals surface area contributed by atoms with Crippen molar-refractivity contribution in [2.45, 2.75) is 20.8 Å². The van der Waals surface area contributed by atoms with Gasteiger partial charge in [-0.15, -0.1) is 0 Å². The Morgan fingerprint density at radius 3 is 1.62 bits per heavy atom. The zero-order valence-electron chi connectivity index (χ0n) is 18.7. The van der Waals surface area contributed by atoms with Crippen LogP contribution in [0.2, 0.25) is 5.02 Å². The van der Waals surface area contributed by atoms with E-state index in [4.69, 9.17) is 25.8 Å². The molecule has 0 radical (unpaired) electrons. The molecular formula is C24H29ClN2O5. The molecule has 1 aliphatic rings. The fourth-order valence-corrected chi connectivity index (χ4v) is 3.71.